The van der Waals surface area contributed by atoms with E-state index in [-0.39, 0.29) is 0 Å². The summed E-state index contributed by atoms with van der Waals surface area (Å²) in [5, 5.41) is 16.0. The lowest BCUT2D eigenvalue weighted by atomic mass is 9.97. The van der Waals surface area contributed by atoms with Crippen molar-refractivity contribution in [1.82, 2.24) is 19.5 Å². The Hall–Kier alpha value is -8.67. The number of benzene rings is 11. The molecule has 0 fully saturated rings. The lowest BCUT2D eigenvalue weighted by Gasteiger charge is -2.14. The second-order valence-corrected chi connectivity index (χ2v) is 16.7. The van der Waals surface area contributed by atoms with E-state index in [4.69, 9.17) is 19.4 Å². The SMILES string of the molecule is c1ccc(-c2nc(-c3cc(-n4c5cc6ccccc6cc5c5c6ccccc6ccc54)c4c(c3)oc3c5ccccc5ccc34)nc(-c3cc4ccccc4c4ccccc34)n2)cc1. The Morgan fingerprint density at radius 3 is 1.72 bits per heavy atom. The van der Waals surface area contributed by atoms with Crippen LogP contribution in [0, 0.1) is 0 Å². The summed E-state index contributed by atoms with van der Waals surface area (Å²) in [6.45, 7) is 0. The van der Waals surface area contributed by atoms with Gasteiger partial charge in [-0.3, -0.25) is 0 Å². The minimum absolute atomic E-state index is 0.561. The Morgan fingerprint density at radius 1 is 0.328 bits per heavy atom. The van der Waals surface area contributed by atoms with Crippen LogP contribution >= 0.6 is 0 Å². The van der Waals surface area contributed by atoms with Crippen LogP contribution < -0.4 is 0 Å². The quantitative estimate of drug-likeness (QED) is 0.166. The van der Waals surface area contributed by atoms with Crippen molar-refractivity contribution in [2.24, 2.45) is 0 Å². The Bertz CT molecular complexity index is 4260. The normalized spacial score (nSPS) is 12.1. The number of fused-ring (bicyclic) bond motifs is 14. The van der Waals surface area contributed by atoms with E-state index in [2.05, 4.69) is 193 Å². The number of hydrogen-bond acceptors (Lipinski definition) is 4. The van der Waals surface area contributed by atoms with E-state index < -0.39 is 0 Å². The topological polar surface area (TPSA) is 56.7 Å². The van der Waals surface area contributed by atoms with Crippen LogP contribution in [-0.4, -0.2) is 19.5 Å². The summed E-state index contributed by atoms with van der Waals surface area (Å²) >= 11 is 0. The zero-order valence-corrected chi connectivity index (χ0v) is 34.3. The predicted molar refractivity (Wildman–Crippen MR) is 265 cm³/mol. The van der Waals surface area contributed by atoms with E-state index in [0.29, 0.717) is 17.5 Å². The molecule has 0 saturated carbocycles. The van der Waals surface area contributed by atoms with Crippen molar-refractivity contribution in [3.8, 4) is 39.9 Å². The van der Waals surface area contributed by atoms with E-state index >= 15 is 0 Å². The molecule has 5 nitrogen and oxygen atoms in total. The van der Waals surface area contributed by atoms with Crippen LogP contribution in [0.3, 0.4) is 0 Å². The van der Waals surface area contributed by atoms with Gasteiger partial charge in [0, 0.05) is 38.2 Å². The number of furan rings is 1. The third-order valence-electron chi connectivity index (χ3n) is 13.1. The summed E-state index contributed by atoms with van der Waals surface area (Å²) in [7, 11) is 0. The molecular weight excluding hydrogens is 781 g/mol. The van der Waals surface area contributed by atoms with Crippen molar-refractivity contribution in [2.45, 2.75) is 0 Å². The molecule has 0 saturated heterocycles. The van der Waals surface area contributed by atoms with Crippen LogP contribution in [0.1, 0.15) is 0 Å². The van der Waals surface area contributed by atoms with Gasteiger partial charge in [-0.15, -0.1) is 0 Å². The minimum atomic E-state index is 0.561. The standard InChI is InChI=1S/C59H34N4O/c1-2-16-37(17-3-1)57-60-58(62-59(61-57)48-31-40-20-8-9-21-42(40)45-24-12-13-25-46(45)48)41-33-52(55-47-28-26-36-15-7-11-23-44(36)56(47)64-53(55)34-41)63-50-29-27-35-14-6-10-22-43(35)54(50)49-30-38-18-4-5-19-39(38)32-51(49)63/h1-34H. The van der Waals surface area contributed by atoms with Crippen molar-refractivity contribution in [1.29, 1.82) is 0 Å². The van der Waals surface area contributed by atoms with Crippen molar-refractivity contribution < 1.29 is 4.42 Å². The molecule has 0 unspecified atom stereocenters. The summed E-state index contributed by atoms with van der Waals surface area (Å²) < 4.78 is 9.52. The average Bonchev–Trinajstić information content (AvgIpc) is 3.91. The fraction of sp³-hybridized carbons (Fsp3) is 0. The maximum atomic E-state index is 7.08. The first-order valence-electron chi connectivity index (χ1n) is 21.7. The Labute approximate surface area is 366 Å². The molecule has 0 aliphatic heterocycles. The summed E-state index contributed by atoms with van der Waals surface area (Å²) in [5.74, 6) is 1.77. The molecule has 3 heterocycles. The number of aromatic nitrogens is 4. The first-order chi connectivity index (χ1) is 31.7. The number of nitrogens with zero attached hydrogens (tertiary/aromatic N) is 4. The molecule has 0 spiro atoms. The van der Waals surface area contributed by atoms with E-state index in [0.717, 1.165) is 82.3 Å². The lowest BCUT2D eigenvalue weighted by molar-refractivity contribution is 0.672. The van der Waals surface area contributed by atoms with Crippen LogP contribution in [-0.2, 0) is 0 Å². The molecular formula is C59H34N4O. The first-order valence-corrected chi connectivity index (χ1v) is 21.7. The van der Waals surface area contributed by atoms with Crippen molar-refractivity contribution in [2.75, 3.05) is 0 Å². The smallest absolute Gasteiger partial charge is 0.164 e. The Balaban J connectivity index is 1.13. The highest BCUT2D eigenvalue weighted by Crippen LogP contribution is 2.45. The third kappa shape index (κ3) is 5.15. The van der Waals surface area contributed by atoms with Gasteiger partial charge < -0.3 is 8.98 Å². The summed E-state index contributed by atoms with van der Waals surface area (Å²) in [6, 6.07) is 73.3. The second-order valence-electron chi connectivity index (χ2n) is 16.7. The highest BCUT2D eigenvalue weighted by atomic mass is 16.3. The lowest BCUT2D eigenvalue weighted by Crippen LogP contribution is -2.02. The van der Waals surface area contributed by atoms with Gasteiger partial charge >= 0.3 is 0 Å². The van der Waals surface area contributed by atoms with Crippen molar-refractivity contribution in [3.63, 3.8) is 0 Å². The Kier molecular flexibility index (Phi) is 7.33. The molecule has 0 N–H and O–H groups in total. The van der Waals surface area contributed by atoms with Gasteiger partial charge in [0.2, 0.25) is 0 Å². The molecule has 0 bridgehead atoms. The fourth-order valence-corrected chi connectivity index (χ4v) is 10.2. The zero-order valence-electron chi connectivity index (χ0n) is 34.3. The molecule has 11 aromatic carbocycles. The van der Waals surface area contributed by atoms with Crippen LogP contribution in [0.15, 0.2) is 211 Å². The summed E-state index contributed by atoms with van der Waals surface area (Å²) in [5.41, 5.74) is 7.52. The fourth-order valence-electron chi connectivity index (χ4n) is 10.2. The molecule has 0 aliphatic carbocycles. The van der Waals surface area contributed by atoms with Crippen LogP contribution in [0.2, 0.25) is 0 Å². The van der Waals surface area contributed by atoms with Gasteiger partial charge in [0.05, 0.1) is 22.1 Å². The summed E-state index contributed by atoms with van der Waals surface area (Å²) in [6.07, 6.45) is 0. The summed E-state index contributed by atoms with van der Waals surface area (Å²) in [4.78, 5) is 16.0. The van der Waals surface area contributed by atoms with E-state index in [1.54, 1.807) is 0 Å². The van der Waals surface area contributed by atoms with Crippen molar-refractivity contribution >= 4 is 97.6 Å². The molecule has 296 valence electrons. The van der Waals surface area contributed by atoms with Gasteiger partial charge in [-0.25, -0.2) is 15.0 Å². The van der Waals surface area contributed by atoms with Crippen LogP contribution in [0.5, 0.6) is 0 Å². The number of rotatable bonds is 4. The molecule has 0 amide bonds. The highest BCUT2D eigenvalue weighted by Gasteiger charge is 2.24. The van der Waals surface area contributed by atoms with Gasteiger partial charge in [-0.2, -0.15) is 0 Å². The Morgan fingerprint density at radius 2 is 0.922 bits per heavy atom. The first kappa shape index (κ1) is 35.0. The maximum absolute atomic E-state index is 7.08. The molecule has 0 atom stereocenters. The van der Waals surface area contributed by atoms with Gasteiger partial charge in [-0.05, 0) is 90.9 Å². The van der Waals surface area contributed by atoms with Crippen LogP contribution in [0.4, 0.5) is 0 Å². The largest absolute Gasteiger partial charge is 0.455 e. The molecule has 14 rings (SSSR count). The average molecular weight is 815 g/mol. The van der Waals surface area contributed by atoms with E-state index in [1.165, 1.54) is 37.7 Å². The third-order valence-corrected chi connectivity index (χ3v) is 13.1. The minimum Gasteiger partial charge on any atom is -0.455 e. The maximum Gasteiger partial charge on any atom is 0.164 e. The van der Waals surface area contributed by atoms with E-state index in [9.17, 15) is 0 Å². The molecule has 0 radical (unpaired) electrons. The molecule has 14 aromatic rings. The second kappa shape index (κ2) is 13.4. The molecule has 64 heavy (non-hydrogen) atoms. The molecule has 3 aromatic heterocycles. The van der Waals surface area contributed by atoms with Crippen molar-refractivity contribution in [3.05, 3.63) is 206 Å². The zero-order chi connectivity index (χ0) is 41.9. The van der Waals surface area contributed by atoms with Gasteiger partial charge in [-0.1, -0.05) is 164 Å². The van der Waals surface area contributed by atoms with Gasteiger partial charge in [0.25, 0.3) is 0 Å². The number of hydrogen-bond donors (Lipinski definition) is 0. The molecule has 5 heteroatoms. The monoisotopic (exact) mass is 814 g/mol. The van der Waals surface area contributed by atoms with Crippen LogP contribution in [0.25, 0.3) is 137 Å². The highest BCUT2D eigenvalue weighted by molar-refractivity contribution is 6.25. The van der Waals surface area contributed by atoms with Gasteiger partial charge in [0.15, 0.2) is 17.5 Å². The van der Waals surface area contributed by atoms with E-state index in [1.807, 2.05) is 18.2 Å². The van der Waals surface area contributed by atoms with Gasteiger partial charge in [0.1, 0.15) is 11.2 Å². The predicted octanol–water partition coefficient (Wildman–Crippen LogP) is 15.6. The molecule has 0 aliphatic rings.